The standard InChI is InChI=1S/C10H14N2O4S/c1-6-3-2-4-7(5-6)17(15,16)9(12)8(11)10(13)14/h2-5,8-9H,11-12H2,1H3,(H,13,14). The lowest BCUT2D eigenvalue weighted by Gasteiger charge is -2.16. The van der Waals surface area contributed by atoms with E-state index < -0.39 is 27.2 Å². The number of hydrogen-bond acceptors (Lipinski definition) is 5. The Morgan fingerprint density at radius 2 is 1.94 bits per heavy atom. The van der Waals surface area contributed by atoms with E-state index in [1.165, 1.54) is 12.1 Å². The third-order valence-electron chi connectivity index (χ3n) is 2.32. The van der Waals surface area contributed by atoms with E-state index in [2.05, 4.69) is 0 Å². The van der Waals surface area contributed by atoms with E-state index in [1.54, 1.807) is 19.1 Å². The number of carbonyl (C=O) groups is 1. The molecule has 1 rings (SSSR count). The molecular weight excluding hydrogens is 244 g/mol. The summed E-state index contributed by atoms with van der Waals surface area (Å²) in [5.74, 6) is -1.45. The van der Waals surface area contributed by atoms with Gasteiger partial charge in [0.05, 0.1) is 4.90 Å². The Morgan fingerprint density at radius 3 is 2.41 bits per heavy atom. The van der Waals surface area contributed by atoms with Gasteiger partial charge in [0.2, 0.25) is 0 Å². The summed E-state index contributed by atoms with van der Waals surface area (Å²) in [4.78, 5) is 10.6. The summed E-state index contributed by atoms with van der Waals surface area (Å²) < 4.78 is 23.9. The molecule has 2 atom stereocenters. The molecule has 0 fully saturated rings. The quantitative estimate of drug-likeness (QED) is 0.666. The van der Waals surface area contributed by atoms with Gasteiger partial charge in [-0.05, 0) is 24.6 Å². The fraction of sp³-hybridized carbons (Fsp3) is 0.300. The zero-order valence-electron chi connectivity index (χ0n) is 9.20. The summed E-state index contributed by atoms with van der Waals surface area (Å²) in [5, 5.41) is 6.98. The molecule has 94 valence electrons. The number of aliphatic carboxylic acids is 1. The van der Waals surface area contributed by atoms with E-state index in [9.17, 15) is 13.2 Å². The molecule has 0 aliphatic carbocycles. The van der Waals surface area contributed by atoms with Crippen LogP contribution in [-0.2, 0) is 14.6 Å². The number of nitrogens with two attached hydrogens (primary N) is 2. The van der Waals surface area contributed by atoms with E-state index >= 15 is 0 Å². The number of carboxylic acids is 1. The molecular formula is C10H14N2O4S. The second-order valence-corrected chi connectivity index (χ2v) is 5.80. The number of carboxylic acid groups (broad SMARTS) is 1. The molecule has 0 saturated heterocycles. The van der Waals surface area contributed by atoms with Gasteiger partial charge in [-0.1, -0.05) is 12.1 Å². The van der Waals surface area contributed by atoms with E-state index in [0.717, 1.165) is 5.56 Å². The monoisotopic (exact) mass is 258 g/mol. The molecule has 5 N–H and O–H groups in total. The van der Waals surface area contributed by atoms with Gasteiger partial charge in [-0.3, -0.25) is 4.79 Å². The number of rotatable bonds is 4. The number of hydrogen-bond donors (Lipinski definition) is 3. The molecule has 0 aliphatic rings. The van der Waals surface area contributed by atoms with Crippen LogP contribution in [0.2, 0.25) is 0 Å². The van der Waals surface area contributed by atoms with Crippen LogP contribution in [0, 0.1) is 6.92 Å². The maximum absolute atomic E-state index is 12.0. The van der Waals surface area contributed by atoms with Crippen molar-refractivity contribution in [2.24, 2.45) is 11.5 Å². The van der Waals surface area contributed by atoms with Crippen LogP contribution in [-0.4, -0.2) is 30.9 Å². The summed E-state index contributed by atoms with van der Waals surface area (Å²) in [6, 6.07) is 4.41. The average molecular weight is 258 g/mol. The van der Waals surface area contributed by atoms with Crippen molar-refractivity contribution < 1.29 is 18.3 Å². The minimum absolute atomic E-state index is 0.0262. The molecule has 2 unspecified atom stereocenters. The first-order valence-corrected chi connectivity index (χ1v) is 6.36. The zero-order valence-corrected chi connectivity index (χ0v) is 10.0. The smallest absolute Gasteiger partial charge is 0.323 e. The highest BCUT2D eigenvalue weighted by molar-refractivity contribution is 7.92. The predicted octanol–water partition coefficient (Wildman–Crippen LogP) is -0.535. The molecule has 0 spiro atoms. The third kappa shape index (κ3) is 2.82. The van der Waals surface area contributed by atoms with Crippen LogP contribution >= 0.6 is 0 Å². The summed E-state index contributed by atoms with van der Waals surface area (Å²) >= 11 is 0. The SMILES string of the molecule is Cc1cccc(S(=O)(=O)C(N)C(N)C(=O)O)c1. The Labute approximate surface area is 99.2 Å². The first-order chi connectivity index (χ1) is 7.76. The Hall–Kier alpha value is -1.44. The highest BCUT2D eigenvalue weighted by Gasteiger charge is 2.33. The highest BCUT2D eigenvalue weighted by Crippen LogP contribution is 2.16. The van der Waals surface area contributed by atoms with Crippen molar-refractivity contribution in [2.45, 2.75) is 23.2 Å². The molecule has 1 aromatic carbocycles. The van der Waals surface area contributed by atoms with Gasteiger partial charge in [0.15, 0.2) is 9.84 Å². The minimum atomic E-state index is -3.93. The van der Waals surface area contributed by atoms with Crippen LogP contribution in [0.5, 0.6) is 0 Å². The van der Waals surface area contributed by atoms with Crippen LogP contribution in [0.15, 0.2) is 29.2 Å². The first-order valence-electron chi connectivity index (χ1n) is 4.81. The maximum Gasteiger partial charge on any atom is 0.323 e. The second kappa shape index (κ2) is 4.82. The van der Waals surface area contributed by atoms with E-state index in [4.69, 9.17) is 16.6 Å². The van der Waals surface area contributed by atoms with Crippen molar-refractivity contribution in [3.8, 4) is 0 Å². The van der Waals surface area contributed by atoms with Gasteiger partial charge in [-0.15, -0.1) is 0 Å². The molecule has 0 aromatic heterocycles. The zero-order chi connectivity index (χ0) is 13.2. The summed E-state index contributed by atoms with van der Waals surface area (Å²) in [5.41, 5.74) is 11.3. The van der Waals surface area contributed by atoms with Crippen LogP contribution in [0.3, 0.4) is 0 Å². The fourth-order valence-electron chi connectivity index (χ4n) is 1.28. The van der Waals surface area contributed by atoms with E-state index in [0.29, 0.717) is 0 Å². The van der Waals surface area contributed by atoms with Crippen molar-refractivity contribution in [3.05, 3.63) is 29.8 Å². The molecule has 6 nitrogen and oxygen atoms in total. The lowest BCUT2D eigenvalue weighted by Crippen LogP contribution is -2.51. The molecule has 0 bridgehead atoms. The van der Waals surface area contributed by atoms with Crippen molar-refractivity contribution >= 4 is 15.8 Å². The predicted molar refractivity (Wildman–Crippen MR) is 62.0 cm³/mol. The Morgan fingerprint density at radius 1 is 1.35 bits per heavy atom. The molecule has 1 aromatic rings. The number of aryl methyl sites for hydroxylation is 1. The van der Waals surface area contributed by atoms with Gasteiger partial charge >= 0.3 is 5.97 Å². The minimum Gasteiger partial charge on any atom is -0.480 e. The lowest BCUT2D eigenvalue weighted by atomic mass is 10.2. The van der Waals surface area contributed by atoms with Crippen LogP contribution in [0.4, 0.5) is 0 Å². The summed E-state index contributed by atoms with van der Waals surface area (Å²) in [7, 11) is -3.93. The van der Waals surface area contributed by atoms with Crippen molar-refractivity contribution in [1.29, 1.82) is 0 Å². The molecule has 0 aliphatic heterocycles. The molecule has 0 saturated carbocycles. The average Bonchev–Trinajstić information content (AvgIpc) is 2.26. The van der Waals surface area contributed by atoms with E-state index in [1.807, 2.05) is 0 Å². The first kappa shape index (κ1) is 13.6. The molecule has 0 amide bonds. The van der Waals surface area contributed by atoms with Gasteiger partial charge in [0.1, 0.15) is 11.4 Å². The topological polar surface area (TPSA) is 123 Å². The maximum atomic E-state index is 12.0. The van der Waals surface area contributed by atoms with Crippen LogP contribution < -0.4 is 11.5 Å². The third-order valence-corrected chi connectivity index (χ3v) is 4.24. The van der Waals surface area contributed by atoms with Crippen molar-refractivity contribution in [2.75, 3.05) is 0 Å². The fourth-order valence-corrected chi connectivity index (χ4v) is 2.72. The second-order valence-electron chi connectivity index (χ2n) is 3.69. The van der Waals surface area contributed by atoms with Gasteiger partial charge in [0.25, 0.3) is 0 Å². The number of benzene rings is 1. The Balaban J connectivity index is 3.16. The van der Waals surface area contributed by atoms with E-state index in [-0.39, 0.29) is 4.90 Å². The van der Waals surface area contributed by atoms with Gasteiger partial charge in [0, 0.05) is 0 Å². The van der Waals surface area contributed by atoms with Gasteiger partial charge in [-0.25, -0.2) is 8.42 Å². The van der Waals surface area contributed by atoms with Crippen molar-refractivity contribution in [1.82, 2.24) is 0 Å². The largest absolute Gasteiger partial charge is 0.480 e. The van der Waals surface area contributed by atoms with Gasteiger partial charge in [-0.2, -0.15) is 0 Å². The van der Waals surface area contributed by atoms with Crippen molar-refractivity contribution in [3.63, 3.8) is 0 Å². The lowest BCUT2D eigenvalue weighted by molar-refractivity contribution is -0.138. The summed E-state index contributed by atoms with van der Waals surface area (Å²) in [6.45, 7) is 1.72. The normalized spacial score (nSPS) is 15.2. The number of sulfone groups is 1. The Bertz CT molecular complexity index is 527. The molecule has 17 heavy (non-hydrogen) atoms. The summed E-state index contributed by atoms with van der Waals surface area (Å²) in [6.07, 6.45) is 0. The molecule has 0 radical (unpaired) electrons. The Kier molecular flexibility index (Phi) is 3.87. The van der Waals surface area contributed by atoms with Crippen LogP contribution in [0.1, 0.15) is 5.56 Å². The van der Waals surface area contributed by atoms with Gasteiger partial charge < -0.3 is 16.6 Å². The molecule has 0 heterocycles. The molecule has 7 heteroatoms. The highest BCUT2D eigenvalue weighted by atomic mass is 32.2. The van der Waals surface area contributed by atoms with Crippen LogP contribution in [0.25, 0.3) is 0 Å².